The smallest absolute Gasteiger partial charge is 0.187 e. The number of nitrogens with zero attached hydrogens (tertiary/aromatic N) is 3. The Morgan fingerprint density at radius 2 is 1.69 bits per heavy atom. The van der Waals surface area contributed by atoms with Crippen molar-refractivity contribution in [1.29, 1.82) is 0 Å². The van der Waals surface area contributed by atoms with Crippen molar-refractivity contribution in [1.82, 2.24) is 9.97 Å². The fourth-order valence-electron chi connectivity index (χ4n) is 4.67. The summed E-state index contributed by atoms with van der Waals surface area (Å²) in [5.41, 5.74) is 18.9. The highest BCUT2D eigenvalue weighted by Gasteiger charge is 2.22. The Morgan fingerprint density at radius 3 is 2.46 bits per heavy atom. The minimum Gasteiger partial charge on any atom is -0.397 e. The number of hydrogen-bond acceptors (Lipinski definition) is 6. The van der Waals surface area contributed by atoms with Gasteiger partial charge in [0.05, 0.1) is 11.4 Å². The van der Waals surface area contributed by atoms with Crippen LogP contribution in [0, 0.1) is 0 Å². The van der Waals surface area contributed by atoms with Gasteiger partial charge in [0.15, 0.2) is 5.78 Å². The van der Waals surface area contributed by atoms with Crippen LogP contribution in [0.3, 0.4) is 0 Å². The van der Waals surface area contributed by atoms with Crippen LogP contribution >= 0.6 is 0 Å². The zero-order valence-electron chi connectivity index (χ0n) is 19.6. The summed E-state index contributed by atoms with van der Waals surface area (Å²) in [6.07, 6.45) is 5.76. The topological polar surface area (TPSA) is 98.1 Å². The Kier molecular flexibility index (Phi) is 6.55. The predicted octanol–water partition coefficient (Wildman–Crippen LogP) is 4.75. The molecule has 6 heteroatoms. The third kappa shape index (κ3) is 5.08. The Balaban J connectivity index is 1.38. The van der Waals surface area contributed by atoms with Crippen LogP contribution in [0.4, 0.5) is 11.4 Å². The number of hydrogen-bond donors (Lipinski definition) is 2. The second-order valence-corrected chi connectivity index (χ2v) is 9.03. The highest BCUT2D eigenvalue weighted by atomic mass is 16.1. The van der Waals surface area contributed by atoms with E-state index in [-0.39, 0.29) is 18.2 Å². The summed E-state index contributed by atoms with van der Waals surface area (Å²) in [5.74, 6) is -0.124. The SMILES string of the molecule is Nc1ccc(-c2ccc(-c3ccccc3)cc2)nc1C(=O)Cc1cnccc1N1CCC[C@H](N)C1. The molecule has 2 aromatic heterocycles. The molecule has 1 fully saturated rings. The summed E-state index contributed by atoms with van der Waals surface area (Å²) in [7, 11) is 0. The zero-order chi connectivity index (χ0) is 24.2. The molecule has 0 aliphatic carbocycles. The molecule has 0 bridgehead atoms. The largest absolute Gasteiger partial charge is 0.397 e. The Hall–Kier alpha value is -4.03. The molecule has 0 saturated carbocycles. The third-order valence-corrected chi connectivity index (χ3v) is 6.51. The van der Waals surface area contributed by atoms with Crippen LogP contribution in [0.5, 0.6) is 0 Å². The number of nitrogens with two attached hydrogens (primary N) is 2. The average Bonchev–Trinajstić information content (AvgIpc) is 2.90. The molecule has 1 aliphatic rings. The van der Waals surface area contributed by atoms with Gasteiger partial charge in [0.2, 0.25) is 0 Å². The minimum absolute atomic E-state index is 0.124. The monoisotopic (exact) mass is 463 g/mol. The van der Waals surface area contributed by atoms with Crippen molar-refractivity contribution in [3.8, 4) is 22.4 Å². The van der Waals surface area contributed by atoms with Crippen LogP contribution in [0.25, 0.3) is 22.4 Å². The summed E-state index contributed by atoms with van der Waals surface area (Å²) in [6, 6.07) is 24.1. The maximum Gasteiger partial charge on any atom is 0.187 e. The van der Waals surface area contributed by atoms with Crippen LogP contribution in [0.2, 0.25) is 0 Å². The first kappa shape index (κ1) is 22.7. The van der Waals surface area contributed by atoms with Gasteiger partial charge in [-0.25, -0.2) is 4.98 Å². The molecule has 35 heavy (non-hydrogen) atoms. The molecule has 0 spiro atoms. The molecule has 4 aromatic rings. The summed E-state index contributed by atoms with van der Waals surface area (Å²) in [6.45, 7) is 1.70. The molecule has 5 rings (SSSR count). The Morgan fingerprint density at radius 1 is 0.943 bits per heavy atom. The third-order valence-electron chi connectivity index (χ3n) is 6.51. The molecule has 6 nitrogen and oxygen atoms in total. The molecular weight excluding hydrogens is 434 g/mol. The molecule has 0 unspecified atom stereocenters. The maximum atomic E-state index is 13.3. The second kappa shape index (κ2) is 10.1. The lowest BCUT2D eigenvalue weighted by Crippen LogP contribution is -2.43. The van der Waals surface area contributed by atoms with Gasteiger partial charge in [0.25, 0.3) is 0 Å². The maximum absolute atomic E-state index is 13.3. The number of piperidine rings is 1. The average molecular weight is 464 g/mol. The molecule has 1 aliphatic heterocycles. The molecule has 0 radical (unpaired) electrons. The van der Waals surface area contributed by atoms with Crippen molar-refractivity contribution >= 4 is 17.2 Å². The van der Waals surface area contributed by atoms with Gasteiger partial charge in [-0.3, -0.25) is 9.78 Å². The molecule has 1 atom stereocenters. The van der Waals surface area contributed by atoms with E-state index in [9.17, 15) is 4.79 Å². The van der Waals surface area contributed by atoms with Crippen molar-refractivity contribution < 1.29 is 4.79 Å². The number of carbonyl (C=O) groups is 1. The van der Waals surface area contributed by atoms with E-state index >= 15 is 0 Å². The quantitative estimate of drug-likeness (QED) is 0.401. The van der Waals surface area contributed by atoms with Crippen LogP contribution in [0.15, 0.2) is 85.2 Å². The van der Waals surface area contributed by atoms with Crippen molar-refractivity contribution in [3.05, 3.63) is 96.4 Å². The van der Waals surface area contributed by atoms with Gasteiger partial charge < -0.3 is 16.4 Å². The fourth-order valence-corrected chi connectivity index (χ4v) is 4.67. The van der Waals surface area contributed by atoms with E-state index in [2.05, 4.69) is 39.1 Å². The lowest BCUT2D eigenvalue weighted by Gasteiger charge is -2.33. The van der Waals surface area contributed by atoms with E-state index in [1.807, 2.05) is 42.5 Å². The van der Waals surface area contributed by atoms with Gasteiger partial charge >= 0.3 is 0 Å². The Labute approximate surface area is 205 Å². The van der Waals surface area contributed by atoms with Crippen LogP contribution < -0.4 is 16.4 Å². The zero-order valence-corrected chi connectivity index (χ0v) is 19.6. The van der Waals surface area contributed by atoms with Gasteiger partial charge in [-0.05, 0) is 42.2 Å². The Bertz CT molecular complexity index is 1320. The highest BCUT2D eigenvalue weighted by molar-refractivity contribution is 6.01. The van der Waals surface area contributed by atoms with E-state index < -0.39 is 0 Å². The van der Waals surface area contributed by atoms with Crippen LogP contribution in [-0.2, 0) is 6.42 Å². The van der Waals surface area contributed by atoms with E-state index in [4.69, 9.17) is 11.5 Å². The number of aromatic nitrogens is 2. The molecular formula is C29H29N5O. The highest BCUT2D eigenvalue weighted by Crippen LogP contribution is 2.27. The van der Waals surface area contributed by atoms with Crippen molar-refractivity contribution in [2.45, 2.75) is 25.3 Å². The van der Waals surface area contributed by atoms with Gasteiger partial charge in [0.1, 0.15) is 5.69 Å². The summed E-state index contributed by atoms with van der Waals surface area (Å²) in [5, 5.41) is 0. The van der Waals surface area contributed by atoms with Crippen LogP contribution in [0.1, 0.15) is 28.9 Å². The number of anilines is 2. The first-order valence-corrected chi connectivity index (χ1v) is 12.0. The molecule has 4 N–H and O–H groups in total. The predicted molar refractivity (Wildman–Crippen MR) is 141 cm³/mol. The van der Waals surface area contributed by atoms with Gasteiger partial charge in [0, 0.05) is 54.8 Å². The normalized spacial score (nSPS) is 15.7. The van der Waals surface area contributed by atoms with E-state index in [1.165, 1.54) is 0 Å². The number of ketones is 1. The van der Waals surface area contributed by atoms with Gasteiger partial charge in [-0.15, -0.1) is 0 Å². The second-order valence-electron chi connectivity index (χ2n) is 9.03. The minimum atomic E-state index is -0.124. The summed E-state index contributed by atoms with van der Waals surface area (Å²) in [4.78, 5) is 24.5. The molecule has 176 valence electrons. The van der Waals surface area contributed by atoms with Crippen molar-refractivity contribution in [3.63, 3.8) is 0 Å². The fraction of sp³-hybridized carbons (Fsp3) is 0.207. The number of carbonyl (C=O) groups excluding carboxylic acids is 1. The standard InChI is InChI=1S/C29H29N5O/c30-24-7-4-16-34(19-24)27-14-15-32-18-23(27)17-28(35)29-25(31)12-13-26(33-29)22-10-8-21(9-11-22)20-5-2-1-3-6-20/h1-3,5-6,8-15,18,24H,4,7,16-17,19,30-31H2/t24-/m0/s1. The first-order valence-electron chi connectivity index (χ1n) is 12.0. The number of rotatable bonds is 6. The van der Waals surface area contributed by atoms with Crippen molar-refractivity contribution in [2.24, 2.45) is 5.73 Å². The number of nitrogen functional groups attached to an aromatic ring is 1. The first-order chi connectivity index (χ1) is 17.1. The van der Waals surface area contributed by atoms with Crippen molar-refractivity contribution in [2.75, 3.05) is 23.7 Å². The van der Waals surface area contributed by atoms with Crippen LogP contribution in [-0.4, -0.2) is 34.9 Å². The number of benzene rings is 2. The molecule has 3 heterocycles. The molecule has 2 aromatic carbocycles. The summed E-state index contributed by atoms with van der Waals surface area (Å²) >= 11 is 0. The lowest BCUT2D eigenvalue weighted by atomic mass is 10.0. The number of pyridine rings is 2. The number of Topliss-reactive ketones (excluding diaryl/α,β-unsaturated/α-hetero) is 1. The molecule has 0 amide bonds. The van der Waals surface area contributed by atoms with E-state index in [0.29, 0.717) is 11.4 Å². The molecule has 1 saturated heterocycles. The van der Waals surface area contributed by atoms with Gasteiger partial charge in [-0.2, -0.15) is 0 Å². The van der Waals surface area contributed by atoms with E-state index in [0.717, 1.165) is 59.6 Å². The lowest BCUT2D eigenvalue weighted by molar-refractivity contribution is 0.0989. The summed E-state index contributed by atoms with van der Waals surface area (Å²) < 4.78 is 0. The van der Waals surface area contributed by atoms with Gasteiger partial charge in [-0.1, -0.05) is 54.6 Å². The van der Waals surface area contributed by atoms with E-state index in [1.54, 1.807) is 18.5 Å².